The third-order valence-corrected chi connectivity index (χ3v) is 5.87. The van der Waals surface area contributed by atoms with Crippen molar-refractivity contribution < 1.29 is 14.3 Å². The van der Waals surface area contributed by atoms with E-state index in [1.54, 1.807) is 18.2 Å². The number of para-hydroxylation sites is 2. The number of amides is 2. The molecule has 3 rings (SSSR count). The van der Waals surface area contributed by atoms with E-state index in [4.69, 9.17) is 17.0 Å². The van der Waals surface area contributed by atoms with Gasteiger partial charge in [-0.25, -0.2) is 0 Å². The van der Waals surface area contributed by atoms with Crippen LogP contribution in [0, 0.1) is 5.92 Å². The molecule has 1 heterocycles. The molecular weight excluding hydrogens is 448 g/mol. The van der Waals surface area contributed by atoms with Crippen LogP contribution in [0.4, 0.5) is 11.4 Å². The summed E-state index contributed by atoms with van der Waals surface area (Å²) in [6, 6.07) is 14.9. The lowest BCUT2D eigenvalue weighted by molar-refractivity contribution is -0.134. The summed E-state index contributed by atoms with van der Waals surface area (Å²) in [5, 5.41) is 6.15. The van der Waals surface area contributed by atoms with Crippen LogP contribution in [0.2, 0.25) is 0 Å². The first-order chi connectivity index (χ1) is 16.4. The van der Waals surface area contributed by atoms with Gasteiger partial charge in [-0.3, -0.25) is 14.9 Å². The Kier molecular flexibility index (Phi) is 9.27. The topological polar surface area (TPSA) is 73.9 Å². The number of benzene rings is 2. The third-order valence-electron chi connectivity index (χ3n) is 5.67. The van der Waals surface area contributed by atoms with Gasteiger partial charge in [-0.1, -0.05) is 45.4 Å². The van der Waals surface area contributed by atoms with Gasteiger partial charge in [0.1, 0.15) is 5.75 Å². The molecule has 1 saturated heterocycles. The van der Waals surface area contributed by atoms with Crippen molar-refractivity contribution in [2.24, 2.45) is 5.92 Å². The van der Waals surface area contributed by atoms with Crippen molar-refractivity contribution in [2.75, 3.05) is 43.0 Å². The second-order valence-electron chi connectivity index (χ2n) is 8.62. The minimum absolute atomic E-state index is 0.00471. The fraction of sp³-hybridized carbons (Fsp3) is 0.423. The van der Waals surface area contributed by atoms with Gasteiger partial charge in [0.05, 0.1) is 18.0 Å². The molecule has 2 N–H and O–H groups in total. The highest BCUT2D eigenvalue weighted by Crippen LogP contribution is 2.27. The second-order valence-corrected chi connectivity index (χ2v) is 9.03. The first-order valence-electron chi connectivity index (χ1n) is 11.9. The number of piperazine rings is 1. The molecule has 0 aliphatic carbocycles. The standard InChI is InChI=1S/C26H34N4O3S/c1-4-5-17-33-21-10-8-9-20(18-21)24(31)28-26(34)27-22-11-6-7-12-23(22)29-13-15-30(16-14-29)25(32)19(2)3/h6-12,18-19H,4-5,13-17H2,1-3H3,(H2,27,28,31,34). The van der Waals surface area contributed by atoms with Gasteiger partial charge >= 0.3 is 0 Å². The van der Waals surface area contributed by atoms with Crippen molar-refractivity contribution in [1.82, 2.24) is 10.2 Å². The van der Waals surface area contributed by atoms with Gasteiger partial charge in [0, 0.05) is 37.7 Å². The predicted molar refractivity (Wildman–Crippen MR) is 141 cm³/mol. The molecule has 1 fully saturated rings. The van der Waals surface area contributed by atoms with E-state index in [0.717, 1.165) is 37.3 Å². The van der Waals surface area contributed by atoms with Crippen molar-refractivity contribution in [3.05, 3.63) is 54.1 Å². The SMILES string of the molecule is CCCCOc1cccc(C(=O)NC(=S)Nc2ccccc2N2CCN(C(=O)C(C)C)CC2)c1. The van der Waals surface area contributed by atoms with Gasteiger partial charge in [0.2, 0.25) is 5.91 Å². The number of hydrogen-bond acceptors (Lipinski definition) is 5. The quantitative estimate of drug-likeness (QED) is 0.432. The molecule has 34 heavy (non-hydrogen) atoms. The van der Waals surface area contributed by atoms with Gasteiger partial charge in [0.15, 0.2) is 5.11 Å². The summed E-state index contributed by atoms with van der Waals surface area (Å²) in [5.74, 6) is 0.567. The summed E-state index contributed by atoms with van der Waals surface area (Å²) in [4.78, 5) is 29.2. The largest absolute Gasteiger partial charge is 0.494 e. The zero-order chi connectivity index (χ0) is 24.5. The van der Waals surface area contributed by atoms with Crippen molar-refractivity contribution in [1.29, 1.82) is 0 Å². The summed E-state index contributed by atoms with van der Waals surface area (Å²) >= 11 is 5.43. The summed E-state index contributed by atoms with van der Waals surface area (Å²) in [7, 11) is 0. The number of carbonyl (C=O) groups excluding carboxylic acids is 2. The molecule has 0 spiro atoms. The molecule has 2 aromatic carbocycles. The van der Waals surface area contributed by atoms with Gasteiger partial charge in [-0.2, -0.15) is 0 Å². The molecular formula is C26H34N4O3S. The Bertz CT molecular complexity index is 1000. The second kappa shape index (κ2) is 12.4. The van der Waals surface area contributed by atoms with Crippen LogP contribution in [0.15, 0.2) is 48.5 Å². The van der Waals surface area contributed by atoms with Gasteiger partial charge in [-0.15, -0.1) is 0 Å². The van der Waals surface area contributed by atoms with E-state index < -0.39 is 0 Å². The van der Waals surface area contributed by atoms with E-state index in [2.05, 4.69) is 22.5 Å². The van der Waals surface area contributed by atoms with Crippen LogP contribution < -0.4 is 20.3 Å². The maximum Gasteiger partial charge on any atom is 0.257 e. The number of carbonyl (C=O) groups is 2. The molecule has 2 amide bonds. The number of anilines is 2. The fourth-order valence-corrected chi connectivity index (χ4v) is 3.98. The van der Waals surface area contributed by atoms with Crippen LogP contribution in [-0.2, 0) is 4.79 Å². The normalized spacial score (nSPS) is 13.5. The summed E-state index contributed by atoms with van der Waals surface area (Å²) in [5.41, 5.74) is 2.28. The van der Waals surface area contributed by atoms with E-state index in [1.165, 1.54) is 0 Å². The van der Waals surface area contributed by atoms with Crippen molar-refractivity contribution in [3.8, 4) is 5.75 Å². The van der Waals surface area contributed by atoms with E-state index in [0.29, 0.717) is 31.0 Å². The first-order valence-corrected chi connectivity index (χ1v) is 12.3. The zero-order valence-corrected chi connectivity index (χ0v) is 21.0. The highest BCUT2D eigenvalue weighted by atomic mass is 32.1. The molecule has 0 saturated carbocycles. The highest BCUT2D eigenvalue weighted by Gasteiger charge is 2.24. The number of unbranched alkanes of at least 4 members (excludes halogenated alkanes) is 1. The van der Waals surface area contributed by atoms with Crippen molar-refractivity contribution >= 4 is 40.5 Å². The zero-order valence-electron chi connectivity index (χ0n) is 20.2. The van der Waals surface area contributed by atoms with Crippen LogP contribution in [0.3, 0.4) is 0 Å². The molecule has 2 aromatic rings. The van der Waals surface area contributed by atoms with Gasteiger partial charge in [0.25, 0.3) is 5.91 Å². The molecule has 0 aromatic heterocycles. The Balaban J connectivity index is 1.59. The fourth-order valence-electron chi connectivity index (χ4n) is 3.78. The van der Waals surface area contributed by atoms with Crippen LogP contribution in [0.25, 0.3) is 0 Å². The minimum atomic E-state index is -0.295. The van der Waals surface area contributed by atoms with E-state index in [9.17, 15) is 9.59 Å². The minimum Gasteiger partial charge on any atom is -0.494 e. The van der Waals surface area contributed by atoms with Crippen LogP contribution in [0.5, 0.6) is 5.75 Å². The molecule has 0 radical (unpaired) electrons. The Hall–Kier alpha value is -3.13. The smallest absolute Gasteiger partial charge is 0.257 e. The third kappa shape index (κ3) is 6.93. The molecule has 1 aliphatic heterocycles. The lowest BCUT2D eigenvalue weighted by Crippen LogP contribution is -2.50. The summed E-state index contributed by atoms with van der Waals surface area (Å²) < 4.78 is 5.70. The molecule has 182 valence electrons. The summed E-state index contributed by atoms with van der Waals surface area (Å²) in [6.07, 6.45) is 2.01. The average Bonchev–Trinajstić information content (AvgIpc) is 2.84. The first kappa shape index (κ1) is 25.5. The van der Waals surface area contributed by atoms with Crippen LogP contribution >= 0.6 is 12.2 Å². The number of ether oxygens (including phenoxy) is 1. The molecule has 0 bridgehead atoms. The Morgan fingerprint density at radius 2 is 1.79 bits per heavy atom. The number of thiocarbonyl (C=S) groups is 1. The Morgan fingerprint density at radius 1 is 1.06 bits per heavy atom. The van der Waals surface area contributed by atoms with Crippen molar-refractivity contribution in [2.45, 2.75) is 33.6 Å². The van der Waals surface area contributed by atoms with Gasteiger partial charge in [-0.05, 0) is 49.0 Å². The molecule has 0 unspecified atom stereocenters. The molecule has 0 atom stereocenters. The maximum atomic E-state index is 12.7. The number of hydrogen-bond donors (Lipinski definition) is 2. The van der Waals surface area contributed by atoms with Crippen molar-refractivity contribution in [3.63, 3.8) is 0 Å². The molecule has 8 heteroatoms. The van der Waals surface area contributed by atoms with E-state index in [-0.39, 0.29) is 22.8 Å². The van der Waals surface area contributed by atoms with Crippen LogP contribution in [-0.4, -0.2) is 54.6 Å². The van der Waals surface area contributed by atoms with E-state index >= 15 is 0 Å². The Labute approximate surface area is 207 Å². The lowest BCUT2D eigenvalue weighted by Gasteiger charge is -2.37. The number of nitrogens with one attached hydrogen (secondary N) is 2. The summed E-state index contributed by atoms with van der Waals surface area (Å²) in [6.45, 7) is 9.43. The monoisotopic (exact) mass is 482 g/mol. The number of nitrogens with zero attached hydrogens (tertiary/aromatic N) is 2. The predicted octanol–water partition coefficient (Wildman–Crippen LogP) is 4.30. The molecule has 1 aliphatic rings. The Morgan fingerprint density at radius 3 is 2.50 bits per heavy atom. The van der Waals surface area contributed by atoms with E-state index in [1.807, 2.05) is 49.1 Å². The van der Waals surface area contributed by atoms with Gasteiger partial charge < -0.3 is 19.9 Å². The molecule has 7 nitrogen and oxygen atoms in total. The highest BCUT2D eigenvalue weighted by molar-refractivity contribution is 7.80. The van der Waals surface area contributed by atoms with Crippen LogP contribution in [0.1, 0.15) is 44.0 Å². The lowest BCUT2D eigenvalue weighted by atomic mass is 10.1. The number of rotatable bonds is 8. The average molecular weight is 483 g/mol. The maximum absolute atomic E-state index is 12.7.